The van der Waals surface area contributed by atoms with E-state index in [1.165, 1.54) is 14.2 Å². The molecule has 3 N–H and O–H groups in total. The van der Waals surface area contributed by atoms with Crippen LogP contribution in [0.5, 0.6) is 0 Å². The average molecular weight is 962 g/mol. The summed E-state index contributed by atoms with van der Waals surface area (Å²) < 4.78 is 65.9. The topological polar surface area (TPSA) is 205 Å². The minimum absolute atomic E-state index is 0.0148. The van der Waals surface area contributed by atoms with Crippen molar-refractivity contribution in [3.8, 4) is 0 Å². The fraction of sp³-hybridized carbons (Fsp3) is 0.755. The Morgan fingerprint density at radius 1 is 0.882 bits per heavy atom. The number of hydrogen-bond acceptors (Lipinski definition) is 14. The van der Waals surface area contributed by atoms with Gasteiger partial charge in [-0.2, -0.15) is 0 Å². The Bertz CT molecular complexity index is 1990. The lowest BCUT2D eigenvalue weighted by Gasteiger charge is -2.42. The lowest BCUT2D eigenvalue weighted by atomic mass is 9.78. The fourth-order valence-electron chi connectivity index (χ4n) is 10.3. The average Bonchev–Trinajstić information content (AvgIpc) is 3.32. The maximum Gasteiger partial charge on any atom is 0.329 e. The molecule has 0 spiro atoms. The molecule has 0 aromatic heterocycles. The number of aliphatic hydroxyl groups excluding tert-OH is 1. The molecule has 4 rings (SSSR count). The van der Waals surface area contributed by atoms with Crippen molar-refractivity contribution in [2.24, 2.45) is 35.5 Å². The Labute approximate surface area is 410 Å². The van der Waals surface area contributed by atoms with Crippen LogP contribution >= 0.6 is 0 Å². The third-order valence-electron chi connectivity index (χ3n) is 14.7. The van der Waals surface area contributed by atoms with Crippen LogP contribution in [-0.4, -0.2) is 145 Å². The number of hydrogen-bond donors (Lipinski definition) is 3. The van der Waals surface area contributed by atoms with Crippen LogP contribution in [0, 0.1) is 35.5 Å². The minimum atomic E-state index is -3.27. The van der Waals surface area contributed by atoms with Gasteiger partial charge < -0.3 is 48.6 Å². The number of cyclic esters (lactones) is 1. The number of methoxy groups -OCH3 is 3. The quantitative estimate of drug-likeness (QED) is 0.134. The predicted octanol–water partition coefficient (Wildman–Crippen LogP) is 6.20. The second kappa shape index (κ2) is 27.3. The van der Waals surface area contributed by atoms with Gasteiger partial charge in [0.15, 0.2) is 5.78 Å². The van der Waals surface area contributed by atoms with Crippen LogP contribution in [0.4, 0.5) is 0 Å². The summed E-state index contributed by atoms with van der Waals surface area (Å²) in [6.07, 6.45) is 8.68. The molecule has 384 valence electrons. The molecule has 0 aromatic carbocycles. The predicted molar refractivity (Wildman–Crippen MR) is 256 cm³/mol. The van der Waals surface area contributed by atoms with Crippen LogP contribution in [0.2, 0.25) is 0 Å². The number of ketones is 3. The molecule has 3 heterocycles. The molecule has 0 aromatic rings. The van der Waals surface area contributed by atoms with Crippen molar-refractivity contribution in [3.63, 3.8) is 0 Å². The molecule has 0 radical (unpaired) electrons. The van der Waals surface area contributed by atoms with E-state index in [0.717, 1.165) is 10.5 Å². The van der Waals surface area contributed by atoms with E-state index in [0.29, 0.717) is 56.9 Å². The number of amides is 1. The van der Waals surface area contributed by atoms with E-state index >= 15 is 0 Å². The maximum absolute atomic E-state index is 14.5. The first kappa shape index (κ1) is 51.0. The van der Waals surface area contributed by atoms with Gasteiger partial charge in [-0.05, 0) is 107 Å². The Morgan fingerprint density at radius 3 is 2.29 bits per heavy atom. The highest BCUT2D eigenvalue weighted by Crippen LogP contribution is 2.38. The van der Waals surface area contributed by atoms with Crippen LogP contribution in [0.1, 0.15) is 131 Å². The van der Waals surface area contributed by atoms with Gasteiger partial charge in [-0.15, -0.1) is 0 Å². The molecule has 15 heteroatoms. The number of allylic oxidation sites excluding steroid dienone is 6. The highest BCUT2D eigenvalue weighted by atomic mass is 16.6. The number of nitrogens with zero attached hydrogens (tertiary/aromatic N) is 1. The summed E-state index contributed by atoms with van der Waals surface area (Å²) in [6, 6.07) is -1.22. The van der Waals surface area contributed by atoms with Crippen LogP contribution in [0.15, 0.2) is 47.6 Å². The number of rotatable bonds is 9. The van der Waals surface area contributed by atoms with Gasteiger partial charge in [0.2, 0.25) is 5.79 Å². The fourth-order valence-corrected chi connectivity index (χ4v) is 10.3. The molecular weight excluding hydrogens is 875 g/mol. The van der Waals surface area contributed by atoms with Crippen molar-refractivity contribution >= 4 is 29.2 Å². The molecule has 4 aliphatic rings. The summed E-state index contributed by atoms with van der Waals surface area (Å²) in [4.78, 5) is 72.3. The van der Waals surface area contributed by atoms with Crippen LogP contribution in [0.25, 0.3) is 0 Å². The van der Waals surface area contributed by atoms with Crippen molar-refractivity contribution in [1.82, 2.24) is 4.90 Å². The summed E-state index contributed by atoms with van der Waals surface area (Å²) >= 11 is 0. The van der Waals surface area contributed by atoms with Crippen molar-refractivity contribution < 1.29 is 73.2 Å². The molecule has 15 nitrogen and oxygen atoms in total. The third kappa shape index (κ3) is 15.3. The number of carbonyl (C=O) groups is 5. The van der Waals surface area contributed by atoms with E-state index in [9.17, 15) is 39.3 Å². The molecular formula is C53H83NO14. The molecule has 1 saturated carbocycles. The minimum Gasteiger partial charge on any atom is -0.460 e. The zero-order chi connectivity index (χ0) is 53.9. The van der Waals surface area contributed by atoms with E-state index in [4.69, 9.17) is 33.9 Å². The Kier molecular flexibility index (Phi) is 20.4. The zero-order valence-electron chi connectivity index (χ0n) is 46.0. The van der Waals surface area contributed by atoms with Gasteiger partial charge in [-0.3, -0.25) is 19.2 Å². The van der Waals surface area contributed by atoms with Gasteiger partial charge in [-0.25, -0.2) is 4.79 Å². The lowest BCUT2D eigenvalue weighted by Crippen LogP contribution is -2.61. The monoisotopic (exact) mass is 962 g/mol. The second-order valence-electron chi connectivity index (χ2n) is 19.9. The summed E-state index contributed by atoms with van der Waals surface area (Å²) in [5.41, 5.74) is 1.19. The highest BCUT2D eigenvalue weighted by molar-refractivity contribution is 6.39. The van der Waals surface area contributed by atoms with Crippen LogP contribution < -0.4 is 0 Å². The number of Topliss-reactive ketones (excluding diaryl/α,β-unsaturated/α-hetero) is 3. The lowest BCUT2D eigenvalue weighted by molar-refractivity contribution is -0.265. The van der Waals surface area contributed by atoms with Gasteiger partial charge in [0, 0.05) is 58.5 Å². The highest BCUT2D eigenvalue weighted by Gasteiger charge is 2.53. The van der Waals surface area contributed by atoms with Crippen molar-refractivity contribution in [2.75, 3.05) is 41.0 Å². The number of fused-ring (bicyclic) bond motifs is 3. The Hall–Kier alpha value is -3.41. The normalized spacial score (nSPS) is 38.0. The van der Waals surface area contributed by atoms with Crippen LogP contribution in [-0.2, 0) is 52.4 Å². The third-order valence-corrected chi connectivity index (χ3v) is 14.7. The summed E-state index contributed by atoms with van der Waals surface area (Å²) in [5.74, 6) is -8.91. The summed E-state index contributed by atoms with van der Waals surface area (Å²) in [6.45, 7) is 6.12. The Balaban J connectivity index is 1.70. The molecule has 1 amide bonds. The molecule has 2 bridgehead atoms. The van der Waals surface area contributed by atoms with Crippen molar-refractivity contribution in [3.05, 3.63) is 47.6 Å². The first-order chi connectivity index (χ1) is 33.7. The molecule has 3 aliphatic heterocycles. The van der Waals surface area contributed by atoms with Crippen molar-refractivity contribution in [2.45, 2.75) is 180 Å². The van der Waals surface area contributed by atoms with E-state index in [1.54, 1.807) is 40.9 Å². The Morgan fingerprint density at radius 2 is 1.62 bits per heavy atom. The molecule has 1 aliphatic carbocycles. The summed E-state index contributed by atoms with van der Waals surface area (Å²) in [5, 5.41) is 33.3. The summed E-state index contributed by atoms with van der Waals surface area (Å²) in [7, 11) is 4.33. The zero-order valence-corrected chi connectivity index (χ0v) is 42.0. The SMILES string of the molecule is [2H]C([2H])(O)C([2H])([2H])O[C@@H]1CC[C@@H](C[C@@H](C)C2CC(=O)[C@H](C)C=C(C)[C@@H](O)[C@@H](OC)C(=O)[C@H](C)C[C@H](C)C=CC=CC=C(C)C(OC)C[C@@H]3CC[C@@H](C)[C@@](O)(O3)C(=O)C(=O)N3CCCC[C@H]3C(=O)O2)C[C@H]1OC. The maximum atomic E-state index is 14.5. The number of esters is 1. The van der Waals surface area contributed by atoms with Gasteiger partial charge in [0.25, 0.3) is 11.7 Å². The smallest absolute Gasteiger partial charge is 0.329 e. The van der Waals surface area contributed by atoms with Gasteiger partial charge in [0.05, 0.1) is 43.0 Å². The second-order valence-corrected chi connectivity index (χ2v) is 19.9. The van der Waals surface area contributed by atoms with Crippen molar-refractivity contribution in [1.29, 1.82) is 0 Å². The number of aliphatic hydroxyl groups is 3. The molecule has 3 fully saturated rings. The number of ether oxygens (including phenoxy) is 6. The molecule has 68 heavy (non-hydrogen) atoms. The number of carbonyl (C=O) groups excluding carboxylic acids is 5. The van der Waals surface area contributed by atoms with Gasteiger partial charge >= 0.3 is 5.97 Å². The van der Waals surface area contributed by atoms with E-state index in [2.05, 4.69) is 0 Å². The molecule has 15 atom stereocenters. The first-order valence-corrected chi connectivity index (χ1v) is 24.6. The van der Waals surface area contributed by atoms with E-state index in [1.807, 2.05) is 51.2 Å². The van der Waals surface area contributed by atoms with E-state index < -0.39 is 109 Å². The van der Waals surface area contributed by atoms with Gasteiger partial charge in [-0.1, -0.05) is 71.1 Å². The molecule has 2 unspecified atom stereocenters. The largest absolute Gasteiger partial charge is 0.460 e. The van der Waals surface area contributed by atoms with Crippen LogP contribution in [0.3, 0.4) is 0 Å². The number of piperidine rings is 1. The standard InChI is InChI=1S/C53H83NO14/c1-32-16-12-11-13-17-33(2)44(63-8)30-40-21-19-38(7)53(62,68-40)50(59)51(60)54-23-15-14-18-41(54)52(61)67-45(35(4)28-39-20-22-43(66-25-24-55)46(29-39)64-9)31-42(56)34(3)27-37(6)48(58)49(65-10)47(57)36(5)26-32/h11-13,16-17,27,32,34-36,38-41,43-46,48-49,55,58,62H,14-15,18-26,28-31H2,1-10H3/t32-,34-,35-,36-,38-,39+,40+,41+,43-,44?,45?,46-,48-,49+,53-/m1/s1/i24D2,25D2. The first-order valence-electron chi connectivity index (χ1n) is 26.6. The molecule has 2 saturated heterocycles. The van der Waals surface area contributed by atoms with Gasteiger partial charge in [0.1, 0.15) is 30.1 Å². The van der Waals surface area contributed by atoms with E-state index in [-0.39, 0.29) is 55.6 Å².